The van der Waals surface area contributed by atoms with Crippen molar-refractivity contribution in [2.75, 3.05) is 5.32 Å². The molecular weight excluding hydrogens is 238 g/mol. The van der Waals surface area contributed by atoms with Crippen molar-refractivity contribution in [3.8, 4) is 0 Å². The van der Waals surface area contributed by atoms with Crippen molar-refractivity contribution in [2.45, 2.75) is 32.2 Å². The lowest BCUT2D eigenvalue weighted by molar-refractivity contribution is -0.116. The zero-order valence-corrected chi connectivity index (χ0v) is 10.5. The normalized spacial score (nSPS) is 16.6. The van der Waals surface area contributed by atoms with Crippen molar-refractivity contribution in [1.29, 1.82) is 0 Å². The molecule has 0 bridgehead atoms. The molecule has 1 atom stereocenters. The van der Waals surface area contributed by atoms with E-state index in [0.717, 1.165) is 12.8 Å². The third-order valence-corrected chi connectivity index (χ3v) is 3.19. The van der Waals surface area contributed by atoms with Gasteiger partial charge in [-0.1, -0.05) is 11.6 Å². The number of carbonyl (C=O) groups excluding carboxylic acids is 1. The molecule has 1 saturated carbocycles. The van der Waals surface area contributed by atoms with Crippen molar-refractivity contribution in [3.05, 3.63) is 23.0 Å². The maximum atomic E-state index is 11.7. The van der Waals surface area contributed by atoms with E-state index < -0.39 is 0 Å². The van der Waals surface area contributed by atoms with E-state index in [1.165, 1.54) is 0 Å². The highest BCUT2D eigenvalue weighted by molar-refractivity contribution is 6.29. The summed E-state index contributed by atoms with van der Waals surface area (Å²) in [6, 6.07) is 3.39. The highest BCUT2D eigenvalue weighted by Crippen LogP contribution is 2.32. The molecule has 0 aliphatic heterocycles. The van der Waals surface area contributed by atoms with Crippen molar-refractivity contribution >= 4 is 23.2 Å². The minimum Gasteiger partial charge on any atom is -0.327 e. The van der Waals surface area contributed by atoms with Gasteiger partial charge in [-0.05, 0) is 37.8 Å². The number of hydrogen-bond acceptors (Lipinski definition) is 3. The molecule has 0 radical (unpaired) electrons. The number of nitrogens with zero attached hydrogens (tertiary/aromatic N) is 1. The number of nitrogens with two attached hydrogens (primary N) is 1. The Hall–Kier alpha value is -1.13. The fourth-order valence-electron chi connectivity index (χ4n) is 1.77. The number of hydrogen-bond donors (Lipinski definition) is 2. The SMILES string of the molecule is Cc1nc(Cl)ccc1NC(=O)CC(N)C1CC1. The van der Waals surface area contributed by atoms with Crippen LogP contribution in [-0.2, 0) is 4.79 Å². The van der Waals surface area contributed by atoms with Gasteiger partial charge in [0.2, 0.25) is 5.91 Å². The number of rotatable bonds is 4. The fourth-order valence-corrected chi connectivity index (χ4v) is 1.96. The first-order chi connectivity index (χ1) is 8.06. The molecule has 1 aliphatic carbocycles. The third kappa shape index (κ3) is 3.41. The van der Waals surface area contributed by atoms with Crippen LogP contribution in [0.5, 0.6) is 0 Å². The highest BCUT2D eigenvalue weighted by atomic mass is 35.5. The van der Waals surface area contributed by atoms with Crippen LogP contribution in [0.3, 0.4) is 0 Å². The largest absolute Gasteiger partial charge is 0.327 e. The predicted molar refractivity (Wildman–Crippen MR) is 67.9 cm³/mol. The Morgan fingerprint density at radius 2 is 2.35 bits per heavy atom. The molecule has 1 aromatic rings. The molecule has 0 saturated heterocycles. The molecule has 2 rings (SSSR count). The lowest BCUT2D eigenvalue weighted by Crippen LogP contribution is -2.29. The Labute approximate surface area is 106 Å². The number of aromatic nitrogens is 1. The van der Waals surface area contributed by atoms with Crippen LogP contribution in [0.25, 0.3) is 0 Å². The number of nitrogens with one attached hydrogen (secondary N) is 1. The molecule has 1 heterocycles. The standard InChI is InChI=1S/C12H16ClN3O/c1-7-10(4-5-11(13)15-7)16-12(17)6-9(14)8-2-3-8/h4-5,8-9H,2-3,6,14H2,1H3,(H,16,17). The number of pyridine rings is 1. The van der Waals surface area contributed by atoms with Gasteiger partial charge in [0.05, 0.1) is 11.4 Å². The maximum absolute atomic E-state index is 11.7. The molecule has 1 aliphatic rings. The molecular formula is C12H16ClN3O. The molecule has 1 amide bonds. The number of aryl methyl sites for hydroxylation is 1. The van der Waals surface area contributed by atoms with Crippen LogP contribution >= 0.6 is 11.6 Å². The van der Waals surface area contributed by atoms with Crippen LogP contribution in [0.2, 0.25) is 5.15 Å². The molecule has 17 heavy (non-hydrogen) atoms. The summed E-state index contributed by atoms with van der Waals surface area (Å²) in [5.41, 5.74) is 7.31. The van der Waals surface area contributed by atoms with E-state index in [9.17, 15) is 4.79 Å². The monoisotopic (exact) mass is 253 g/mol. The number of anilines is 1. The van der Waals surface area contributed by atoms with Gasteiger partial charge in [0.15, 0.2) is 0 Å². The molecule has 5 heteroatoms. The van der Waals surface area contributed by atoms with Crippen molar-refractivity contribution in [1.82, 2.24) is 4.98 Å². The first-order valence-corrected chi connectivity index (χ1v) is 6.12. The average Bonchev–Trinajstić information content (AvgIpc) is 3.05. The second-order valence-corrected chi connectivity index (χ2v) is 4.91. The van der Waals surface area contributed by atoms with Crippen LogP contribution in [-0.4, -0.2) is 16.9 Å². The zero-order valence-electron chi connectivity index (χ0n) is 9.74. The second kappa shape index (κ2) is 5.02. The fraction of sp³-hybridized carbons (Fsp3) is 0.500. The van der Waals surface area contributed by atoms with Gasteiger partial charge in [0.25, 0.3) is 0 Å². The van der Waals surface area contributed by atoms with E-state index >= 15 is 0 Å². The van der Waals surface area contributed by atoms with E-state index in [1.807, 2.05) is 6.92 Å². The molecule has 0 aromatic carbocycles. The van der Waals surface area contributed by atoms with Gasteiger partial charge >= 0.3 is 0 Å². The van der Waals surface area contributed by atoms with Crippen molar-refractivity contribution in [2.24, 2.45) is 11.7 Å². The van der Waals surface area contributed by atoms with Crippen molar-refractivity contribution < 1.29 is 4.79 Å². The summed E-state index contributed by atoms with van der Waals surface area (Å²) in [7, 11) is 0. The van der Waals surface area contributed by atoms with Gasteiger partial charge in [-0.2, -0.15) is 0 Å². The van der Waals surface area contributed by atoms with Crippen molar-refractivity contribution in [3.63, 3.8) is 0 Å². The molecule has 92 valence electrons. The average molecular weight is 254 g/mol. The number of halogens is 1. The Bertz CT molecular complexity index is 432. The van der Waals surface area contributed by atoms with Gasteiger partial charge in [-0.15, -0.1) is 0 Å². The topological polar surface area (TPSA) is 68.0 Å². The third-order valence-electron chi connectivity index (χ3n) is 2.97. The van der Waals surface area contributed by atoms with Gasteiger partial charge in [0, 0.05) is 12.5 Å². The smallest absolute Gasteiger partial charge is 0.225 e. The van der Waals surface area contributed by atoms with E-state index in [4.69, 9.17) is 17.3 Å². The lowest BCUT2D eigenvalue weighted by atomic mass is 10.1. The van der Waals surface area contributed by atoms with Crippen LogP contribution < -0.4 is 11.1 Å². The number of amides is 1. The van der Waals surface area contributed by atoms with Gasteiger partial charge < -0.3 is 11.1 Å². The number of carbonyl (C=O) groups is 1. The van der Waals surface area contributed by atoms with E-state index in [-0.39, 0.29) is 11.9 Å². The highest BCUT2D eigenvalue weighted by Gasteiger charge is 2.29. The van der Waals surface area contributed by atoms with E-state index in [2.05, 4.69) is 10.3 Å². The Morgan fingerprint density at radius 3 is 2.94 bits per heavy atom. The summed E-state index contributed by atoms with van der Waals surface area (Å²) in [6.07, 6.45) is 2.67. The molecule has 3 N–H and O–H groups in total. The summed E-state index contributed by atoms with van der Waals surface area (Å²) in [4.78, 5) is 15.8. The second-order valence-electron chi connectivity index (χ2n) is 4.52. The van der Waals surface area contributed by atoms with Gasteiger partial charge in [-0.3, -0.25) is 4.79 Å². The Morgan fingerprint density at radius 1 is 1.65 bits per heavy atom. The minimum atomic E-state index is -0.0587. The first kappa shape index (κ1) is 12.3. The quantitative estimate of drug-likeness (QED) is 0.808. The van der Waals surface area contributed by atoms with Crippen LogP contribution in [0.15, 0.2) is 12.1 Å². The predicted octanol–water partition coefficient (Wildman–Crippen LogP) is 2.11. The van der Waals surface area contributed by atoms with E-state index in [1.54, 1.807) is 12.1 Å². The van der Waals surface area contributed by atoms with Gasteiger partial charge in [0.1, 0.15) is 5.15 Å². The van der Waals surface area contributed by atoms with Crippen LogP contribution in [0, 0.1) is 12.8 Å². The summed E-state index contributed by atoms with van der Waals surface area (Å²) < 4.78 is 0. The van der Waals surface area contributed by atoms with Crippen LogP contribution in [0.4, 0.5) is 5.69 Å². The molecule has 1 unspecified atom stereocenters. The molecule has 1 fully saturated rings. The van der Waals surface area contributed by atoms with E-state index in [0.29, 0.717) is 28.9 Å². The van der Waals surface area contributed by atoms with Gasteiger partial charge in [-0.25, -0.2) is 4.98 Å². The molecule has 0 spiro atoms. The Balaban J connectivity index is 1.92. The Kier molecular flexibility index (Phi) is 3.64. The zero-order chi connectivity index (χ0) is 12.4. The molecule has 1 aromatic heterocycles. The molecule has 4 nitrogen and oxygen atoms in total. The minimum absolute atomic E-state index is 0.0180. The summed E-state index contributed by atoms with van der Waals surface area (Å²) in [5.74, 6) is 0.474. The summed E-state index contributed by atoms with van der Waals surface area (Å²) in [5, 5.41) is 3.24. The summed E-state index contributed by atoms with van der Waals surface area (Å²) >= 11 is 5.74. The summed E-state index contributed by atoms with van der Waals surface area (Å²) in [6.45, 7) is 1.81. The maximum Gasteiger partial charge on any atom is 0.225 e. The lowest BCUT2D eigenvalue weighted by Gasteiger charge is -2.11. The first-order valence-electron chi connectivity index (χ1n) is 5.75. The van der Waals surface area contributed by atoms with Crippen LogP contribution in [0.1, 0.15) is 25.0 Å².